The lowest BCUT2D eigenvalue weighted by molar-refractivity contribution is 0.177. The molecule has 0 aliphatic heterocycles. The topological polar surface area (TPSA) is 64.9 Å². The van der Waals surface area contributed by atoms with Crippen molar-refractivity contribution in [3.05, 3.63) is 11.7 Å². The number of nitrogens with two attached hydrogens (primary N) is 1. The van der Waals surface area contributed by atoms with Gasteiger partial charge in [-0.25, -0.2) is 0 Å². The van der Waals surface area contributed by atoms with Gasteiger partial charge in [0.25, 0.3) is 0 Å². The molecule has 0 atom stereocenters. The van der Waals surface area contributed by atoms with Crippen LogP contribution in [0.5, 0.6) is 0 Å². The molecular weight excluding hydrogens is 234 g/mol. The molecule has 96 valence electrons. The van der Waals surface area contributed by atoms with Gasteiger partial charge in [0, 0.05) is 6.42 Å². The first-order valence-electron chi connectivity index (χ1n) is 6.28. The van der Waals surface area contributed by atoms with E-state index >= 15 is 0 Å². The highest BCUT2D eigenvalue weighted by Gasteiger charge is 2.32. The van der Waals surface area contributed by atoms with Crippen molar-refractivity contribution in [2.24, 2.45) is 11.1 Å². The second-order valence-corrected chi connectivity index (χ2v) is 5.84. The van der Waals surface area contributed by atoms with Crippen LogP contribution in [0.15, 0.2) is 4.52 Å². The normalized spacial score (nSPS) is 19.4. The van der Waals surface area contributed by atoms with E-state index in [-0.39, 0.29) is 5.41 Å². The Bertz CT molecular complexity index is 347. The van der Waals surface area contributed by atoms with Crippen LogP contribution in [-0.2, 0) is 12.2 Å². The van der Waals surface area contributed by atoms with E-state index in [4.69, 9.17) is 10.3 Å². The number of nitrogens with zero attached hydrogens (tertiary/aromatic N) is 2. The lowest BCUT2D eigenvalue weighted by Gasteiger charge is -2.34. The highest BCUT2D eigenvalue weighted by atomic mass is 32.2. The van der Waals surface area contributed by atoms with Gasteiger partial charge in [-0.1, -0.05) is 24.4 Å². The van der Waals surface area contributed by atoms with Crippen molar-refractivity contribution < 1.29 is 4.52 Å². The van der Waals surface area contributed by atoms with Crippen LogP contribution in [0.3, 0.4) is 0 Å². The molecule has 0 spiro atoms. The Morgan fingerprint density at radius 1 is 1.35 bits per heavy atom. The Hall–Kier alpha value is -0.550. The van der Waals surface area contributed by atoms with Crippen molar-refractivity contribution >= 4 is 11.8 Å². The van der Waals surface area contributed by atoms with E-state index in [0.29, 0.717) is 0 Å². The summed E-state index contributed by atoms with van der Waals surface area (Å²) in [5.74, 6) is 2.39. The van der Waals surface area contributed by atoms with E-state index in [9.17, 15) is 0 Å². The number of aromatic nitrogens is 2. The van der Waals surface area contributed by atoms with Gasteiger partial charge in [-0.15, -0.1) is 0 Å². The summed E-state index contributed by atoms with van der Waals surface area (Å²) < 4.78 is 5.32. The van der Waals surface area contributed by atoms with Gasteiger partial charge in [0.15, 0.2) is 5.82 Å². The maximum absolute atomic E-state index is 5.96. The molecule has 0 unspecified atom stereocenters. The SMILES string of the molecule is CSCc1noc(CC2(CN)CCCCC2)n1. The molecular formula is C12H21N3OS. The molecule has 0 radical (unpaired) electrons. The fourth-order valence-electron chi connectivity index (χ4n) is 2.63. The van der Waals surface area contributed by atoms with E-state index in [1.165, 1.54) is 32.1 Å². The molecule has 2 rings (SSSR count). The zero-order valence-corrected chi connectivity index (χ0v) is 11.3. The van der Waals surface area contributed by atoms with Gasteiger partial charge in [-0.3, -0.25) is 0 Å². The van der Waals surface area contributed by atoms with Crippen molar-refractivity contribution in [2.45, 2.75) is 44.3 Å². The summed E-state index contributed by atoms with van der Waals surface area (Å²) in [4.78, 5) is 4.43. The summed E-state index contributed by atoms with van der Waals surface area (Å²) in [6, 6.07) is 0. The fraction of sp³-hybridized carbons (Fsp3) is 0.833. The molecule has 17 heavy (non-hydrogen) atoms. The zero-order chi connectivity index (χ0) is 12.1. The monoisotopic (exact) mass is 255 g/mol. The van der Waals surface area contributed by atoms with Crippen LogP contribution in [0.1, 0.15) is 43.8 Å². The lowest BCUT2D eigenvalue weighted by Crippen LogP contribution is -2.35. The van der Waals surface area contributed by atoms with Gasteiger partial charge < -0.3 is 10.3 Å². The van der Waals surface area contributed by atoms with Crippen molar-refractivity contribution in [1.82, 2.24) is 10.1 Å². The number of hydrogen-bond donors (Lipinski definition) is 1. The Kier molecular flexibility index (Phi) is 4.45. The van der Waals surface area contributed by atoms with Gasteiger partial charge >= 0.3 is 0 Å². The summed E-state index contributed by atoms with van der Waals surface area (Å²) in [5, 5.41) is 3.99. The third-order valence-electron chi connectivity index (χ3n) is 3.66. The standard InChI is InChI=1S/C12H21N3OS/c1-17-8-10-14-11(16-15-10)7-12(9-13)5-3-2-4-6-12/h2-9,13H2,1H3. The van der Waals surface area contributed by atoms with E-state index < -0.39 is 0 Å². The highest BCUT2D eigenvalue weighted by molar-refractivity contribution is 7.97. The van der Waals surface area contributed by atoms with Crippen LogP contribution in [0, 0.1) is 5.41 Å². The number of rotatable bonds is 5. The third-order valence-corrected chi connectivity index (χ3v) is 4.20. The summed E-state index contributed by atoms with van der Waals surface area (Å²) in [5.41, 5.74) is 6.17. The minimum Gasteiger partial charge on any atom is -0.339 e. The second-order valence-electron chi connectivity index (χ2n) is 4.98. The Balaban J connectivity index is 2.01. The zero-order valence-electron chi connectivity index (χ0n) is 10.4. The molecule has 1 aliphatic rings. The fourth-order valence-corrected chi connectivity index (χ4v) is 3.00. The number of hydrogen-bond acceptors (Lipinski definition) is 5. The highest BCUT2D eigenvalue weighted by Crippen LogP contribution is 2.37. The van der Waals surface area contributed by atoms with Gasteiger partial charge in [0.05, 0.1) is 5.75 Å². The minimum atomic E-state index is 0.210. The van der Waals surface area contributed by atoms with Crippen LogP contribution in [0.4, 0.5) is 0 Å². The summed E-state index contributed by atoms with van der Waals surface area (Å²) in [7, 11) is 0. The Morgan fingerprint density at radius 3 is 2.76 bits per heavy atom. The molecule has 4 nitrogen and oxygen atoms in total. The van der Waals surface area contributed by atoms with Crippen LogP contribution in [0.2, 0.25) is 0 Å². The Morgan fingerprint density at radius 2 is 2.12 bits per heavy atom. The van der Waals surface area contributed by atoms with Crippen molar-refractivity contribution in [3.63, 3.8) is 0 Å². The summed E-state index contributed by atoms with van der Waals surface area (Å²) in [6.45, 7) is 0.729. The van der Waals surface area contributed by atoms with Crippen LogP contribution < -0.4 is 5.73 Å². The lowest BCUT2D eigenvalue weighted by atomic mass is 9.72. The average molecular weight is 255 g/mol. The van der Waals surface area contributed by atoms with E-state index in [1.54, 1.807) is 11.8 Å². The molecule has 0 bridgehead atoms. The Labute approximate surface area is 107 Å². The quantitative estimate of drug-likeness (QED) is 0.875. The van der Waals surface area contributed by atoms with Crippen molar-refractivity contribution in [1.29, 1.82) is 0 Å². The maximum atomic E-state index is 5.96. The van der Waals surface area contributed by atoms with Gasteiger partial charge in [-0.05, 0) is 31.1 Å². The molecule has 0 aromatic carbocycles. The molecule has 5 heteroatoms. The third kappa shape index (κ3) is 3.22. The van der Waals surface area contributed by atoms with Crippen LogP contribution >= 0.6 is 11.8 Å². The predicted octanol–water partition coefficient (Wildman–Crippen LogP) is 2.38. The first kappa shape index (κ1) is 12.9. The predicted molar refractivity (Wildman–Crippen MR) is 69.8 cm³/mol. The average Bonchev–Trinajstić information content (AvgIpc) is 2.78. The molecule has 1 heterocycles. The van der Waals surface area contributed by atoms with E-state index in [2.05, 4.69) is 10.1 Å². The second kappa shape index (κ2) is 5.87. The van der Waals surface area contributed by atoms with E-state index in [0.717, 1.165) is 30.4 Å². The smallest absolute Gasteiger partial charge is 0.227 e. The van der Waals surface area contributed by atoms with E-state index in [1.807, 2.05) is 6.26 Å². The van der Waals surface area contributed by atoms with Crippen molar-refractivity contribution in [2.75, 3.05) is 12.8 Å². The molecule has 1 aromatic heterocycles. The summed E-state index contributed by atoms with van der Waals surface area (Å²) >= 11 is 1.71. The molecule has 1 aliphatic carbocycles. The molecule has 0 amide bonds. The summed E-state index contributed by atoms with van der Waals surface area (Å²) in [6.07, 6.45) is 9.19. The minimum absolute atomic E-state index is 0.210. The largest absolute Gasteiger partial charge is 0.339 e. The maximum Gasteiger partial charge on any atom is 0.227 e. The van der Waals surface area contributed by atoms with Gasteiger partial charge in [0.2, 0.25) is 5.89 Å². The molecule has 1 aromatic rings. The van der Waals surface area contributed by atoms with Gasteiger partial charge in [-0.2, -0.15) is 16.7 Å². The molecule has 1 fully saturated rings. The molecule has 2 N–H and O–H groups in total. The van der Waals surface area contributed by atoms with Crippen LogP contribution in [0.25, 0.3) is 0 Å². The van der Waals surface area contributed by atoms with Crippen molar-refractivity contribution in [3.8, 4) is 0 Å². The first-order chi connectivity index (χ1) is 8.28. The molecule has 0 saturated heterocycles. The number of thioether (sulfide) groups is 1. The first-order valence-corrected chi connectivity index (χ1v) is 7.68. The van der Waals surface area contributed by atoms with Crippen LogP contribution in [-0.4, -0.2) is 22.9 Å². The molecule has 1 saturated carbocycles. The van der Waals surface area contributed by atoms with Gasteiger partial charge in [0.1, 0.15) is 0 Å².